The molecule has 1 aromatic heterocycles. The van der Waals surface area contributed by atoms with E-state index in [9.17, 15) is 9.59 Å². The normalized spacial score (nSPS) is 10.1. The van der Waals surface area contributed by atoms with Gasteiger partial charge in [-0.1, -0.05) is 12.1 Å². The Morgan fingerprint density at radius 1 is 1.20 bits per heavy atom. The first kappa shape index (κ1) is 13.9. The van der Waals surface area contributed by atoms with Crippen LogP contribution in [-0.4, -0.2) is 23.6 Å². The van der Waals surface area contributed by atoms with E-state index in [1.165, 1.54) is 7.11 Å². The molecule has 2 aromatic rings. The molecule has 1 aromatic carbocycles. The molecule has 0 aliphatic carbocycles. The predicted molar refractivity (Wildman–Crippen MR) is 75.5 cm³/mol. The van der Waals surface area contributed by atoms with Crippen molar-refractivity contribution in [1.29, 1.82) is 0 Å². The van der Waals surface area contributed by atoms with Gasteiger partial charge in [-0.3, -0.25) is 9.59 Å². The second kappa shape index (κ2) is 6.06. The van der Waals surface area contributed by atoms with E-state index in [2.05, 4.69) is 10.1 Å². The van der Waals surface area contributed by atoms with Crippen LogP contribution in [0.2, 0.25) is 0 Å². The number of aryl methyl sites for hydroxylation is 1. The molecule has 0 aliphatic heterocycles. The molecule has 104 valence electrons. The fourth-order valence-electron chi connectivity index (χ4n) is 1.84. The van der Waals surface area contributed by atoms with E-state index in [0.717, 1.165) is 5.56 Å². The first-order valence-electron chi connectivity index (χ1n) is 6.18. The fraction of sp³-hybridized carbons (Fsp3) is 0.200. The van der Waals surface area contributed by atoms with Gasteiger partial charge in [0.2, 0.25) is 0 Å². The van der Waals surface area contributed by atoms with Gasteiger partial charge in [-0.05, 0) is 29.8 Å². The van der Waals surface area contributed by atoms with E-state index in [0.29, 0.717) is 11.4 Å². The second-order valence-corrected chi connectivity index (χ2v) is 4.41. The minimum atomic E-state index is -0.286. The van der Waals surface area contributed by atoms with Crippen molar-refractivity contribution in [2.45, 2.75) is 6.42 Å². The van der Waals surface area contributed by atoms with E-state index >= 15 is 0 Å². The third-order valence-electron chi connectivity index (χ3n) is 2.96. The molecule has 0 saturated heterocycles. The van der Waals surface area contributed by atoms with E-state index in [4.69, 9.17) is 0 Å². The molecule has 0 radical (unpaired) electrons. The van der Waals surface area contributed by atoms with Crippen LogP contribution in [0.4, 0.5) is 5.69 Å². The number of methoxy groups -OCH3 is 1. The molecular formula is C15H16N2O3. The molecule has 0 spiro atoms. The average molecular weight is 272 g/mol. The highest BCUT2D eigenvalue weighted by molar-refractivity contribution is 6.03. The van der Waals surface area contributed by atoms with Crippen molar-refractivity contribution in [2.75, 3.05) is 12.4 Å². The molecule has 0 atom stereocenters. The summed E-state index contributed by atoms with van der Waals surface area (Å²) in [6.45, 7) is 0. The third kappa shape index (κ3) is 3.26. The standard InChI is InChI=1S/C15H16N2O3/c1-17-9-3-4-13(17)15(19)16-12-7-5-11(6-8-12)10-14(18)20-2/h3-9H,10H2,1-2H3,(H,16,19). The first-order valence-corrected chi connectivity index (χ1v) is 6.18. The van der Waals surface area contributed by atoms with E-state index < -0.39 is 0 Å². The molecule has 20 heavy (non-hydrogen) atoms. The summed E-state index contributed by atoms with van der Waals surface area (Å²) >= 11 is 0. The Hall–Kier alpha value is -2.56. The van der Waals surface area contributed by atoms with Crippen molar-refractivity contribution in [3.63, 3.8) is 0 Å². The van der Waals surface area contributed by atoms with Gasteiger partial charge in [0.1, 0.15) is 5.69 Å². The predicted octanol–water partition coefficient (Wildman–Crippen LogP) is 1.99. The van der Waals surface area contributed by atoms with E-state index in [-0.39, 0.29) is 18.3 Å². The Labute approximate surface area is 117 Å². The number of ether oxygens (including phenoxy) is 1. The van der Waals surface area contributed by atoms with Crippen molar-refractivity contribution in [3.05, 3.63) is 53.9 Å². The number of carbonyl (C=O) groups is 2. The summed E-state index contributed by atoms with van der Waals surface area (Å²) in [5, 5.41) is 2.80. The lowest BCUT2D eigenvalue weighted by atomic mass is 10.1. The van der Waals surface area contributed by atoms with Crippen LogP contribution in [0.15, 0.2) is 42.6 Å². The van der Waals surface area contributed by atoms with Crippen LogP contribution in [0.3, 0.4) is 0 Å². The molecule has 0 saturated carbocycles. The zero-order valence-electron chi connectivity index (χ0n) is 11.4. The zero-order chi connectivity index (χ0) is 14.5. The lowest BCUT2D eigenvalue weighted by Gasteiger charge is -2.07. The highest BCUT2D eigenvalue weighted by Crippen LogP contribution is 2.12. The number of nitrogens with one attached hydrogen (secondary N) is 1. The number of carbonyl (C=O) groups excluding carboxylic acids is 2. The minimum absolute atomic E-state index is 0.168. The SMILES string of the molecule is COC(=O)Cc1ccc(NC(=O)c2cccn2C)cc1. The molecular weight excluding hydrogens is 256 g/mol. The fourth-order valence-corrected chi connectivity index (χ4v) is 1.84. The number of benzene rings is 1. The Morgan fingerprint density at radius 2 is 1.90 bits per heavy atom. The molecule has 1 N–H and O–H groups in total. The summed E-state index contributed by atoms with van der Waals surface area (Å²) in [6, 6.07) is 10.7. The molecule has 1 heterocycles. The summed E-state index contributed by atoms with van der Waals surface area (Å²) in [5.41, 5.74) is 2.11. The number of hydrogen-bond donors (Lipinski definition) is 1. The summed E-state index contributed by atoms with van der Waals surface area (Å²) < 4.78 is 6.35. The van der Waals surface area contributed by atoms with Gasteiger partial charge < -0.3 is 14.6 Å². The Kier molecular flexibility index (Phi) is 4.20. The number of rotatable bonds is 4. The summed E-state index contributed by atoms with van der Waals surface area (Å²) in [4.78, 5) is 23.1. The number of anilines is 1. The van der Waals surface area contributed by atoms with Crippen molar-refractivity contribution in [1.82, 2.24) is 4.57 Å². The van der Waals surface area contributed by atoms with Crippen LogP contribution >= 0.6 is 0 Å². The Morgan fingerprint density at radius 3 is 2.45 bits per heavy atom. The van der Waals surface area contributed by atoms with Crippen molar-refractivity contribution in [2.24, 2.45) is 7.05 Å². The summed E-state index contributed by atoms with van der Waals surface area (Å²) in [5.74, 6) is -0.455. The minimum Gasteiger partial charge on any atom is -0.469 e. The highest BCUT2D eigenvalue weighted by Gasteiger charge is 2.09. The largest absolute Gasteiger partial charge is 0.469 e. The number of aromatic nitrogens is 1. The molecule has 5 heteroatoms. The van der Waals surface area contributed by atoms with Crippen LogP contribution in [-0.2, 0) is 23.0 Å². The van der Waals surface area contributed by atoms with Gasteiger partial charge in [0.05, 0.1) is 13.5 Å². The first-order chi connectivity index (χ1) is 9.60. The molecule has 0 aliphatic rings. The number of esters is 1. The van der Waals surface area contributed by atoms with Gasteiger partial charge in [0.25, 0.3) is 5.91 Å². The summed E-state index contributed by atoms with van der Waals surface area (Å²) in [7, 11) is 3.17. The Balaban J connectivity index is 2.02. The van der Waals surface area contributed by atoms with Gasteiger partial charge in [-0.25, -0.2) is 0 Å². The number of nitrogens with zero attached hydrogens (tertiary/aromatic N) is 1. The van der Waals surface area contributed by atoms with Gasteiger partial charge in [0, 0.05) is 18.9 Å². The van der Waals surface area contributed by atoms with Crippen LogP contribution in [0.1, 0.15) is 16.1 Å². The molecule has 5 nitrogen and oxygen atoms in total. The van der Waals surface area contributed by atoms with Crippen LogP contribution < -0.4 is 5.32 Å². The van der Waals surface area contributed by atoms with Crippen molar-refractivity contribution >= 4 is 17.6 Å². The highest BCUT2D eigenvalue weighted by atomic mass is 16.5. The molecule has 0 bridgehead atoms. The van der Waals surface area contributed by atoms with Gasteiger partial charge in [-0.2, -0.15) is 0 Å². The van der Waals surface area contributed by atoms with Crippen LogP contribution in [0.5, 0.6) is 0 Å². The zero-order valence-corrected chi connectivity index (χ0v) is 11.4. The maximum atomic E-state index is 12.0. The van der Waals surface area contributed by atoms with Crippen LogP contribution in [0.25, 0.3) is 0 Å². The number of hydrogen-bond acceptors (Lipinski definition) is 3. The molecule has 0 unspecified atom stereocenters. The topological polar surface area (TPSA) is 60.3 Å². The van der Waals surface area contributed by atoms with Gasteiger partial charge >= 0.3 is 5.97 Å². The van der Waals surface area contributed by atoms with Gasteiger partial charge in [0.15, 0.2) is 0 Å². The maximum absolute atomic E-state index is 12.0. The molecule has 1 amide bonds. The Bertz CT molecular complexity index is 614. The van der Waals surface area contributed by atoms with Gasteiger partial charge in [-0.15, -0.1) is 0 Å². The second-order valence-electron chi connectivity index (χ2n) is 4.41. The lowest BCUT2D eigenvalue weighted by molar-refractivity contribution is -0.139. The number of amides is 1. The quantitative estimate of drug-likeness (QED) is 0.866. The third-order valence-corrected chi connectivity index (χ3v) is 2.96. The van der Waals surface area contributed by atoms with Crippen molar-refractivity contribution < 1.29 is 14.3 Å². The summed E-state index contributed by atoms with van der Waals surface area (Å²) in [6.07, 6.45) is 2.04. The van der Waals surface area contributed by atoms with E-state index in [1.807, 2.05) is 19.3 Å². The van der Waals surface area contributed by atoms with E-state index in [1.54, 1.807) is 34.9 Å². The monoisotopic (exact) mass is 272 g/mol. The van der Waals surface area contributed by atoms with Crippen molar-refractivity contribution in [3.8, 4) is 0 Å². The molecule has 0 fully saturated rings. The molecule has 2 rings (SSSR count). The average Bonchev–Trinajstić information content (AvgIpc) is 2.87. The smallest absolute Gasteiger partial charge is 0.309 e. The lowest BCUT2D eigenvalue weighted by Crippen LogP contribution is -2.15. The van der Waals surface area contributed by atoms with Crippen LogP contribution in [0, 0.1) is 0 Å². The maximum Gasteiger partial charge on any atom is 0.309 e.